The summed E-state index contributed by atoms with van der Waals surface area (Å²) in [6.45, 7) is 6.01. The molecule has 0 aliphatic carbocycles. The molecule has 1 N–H and O–H groups in total. The van der Waals surface area contributed by atoms with Gasteiger partial charge in [0.05, 0.1) is 37.7 Å². The molecule has 8 nitrogen and oxygen atoms in total. The van der Waals surface area contributed by atoms with E-state index in [-0.39, 0.29) is 76.6 Å². The van der Waals surface area contributed by atoms with Crippen LogP contribution in [0.2, 0.25) is 0 Å². The Hall–Kier alpha value is -3.66. The van der Waals surface area contributed by atoms with Crippen molar-refractivity contribution < 1.29 is 28.2 Å². The largest absolute Gasteiger partial charge is 0.493 e. The van der Waals surface area contributed by atoms with Crippen LogP contribution in [0.3, 0.4) is 0 Å². The molecule has 0 atom stereocenters. The second kappa shape index (κ2) is 9.90. The number of fused-ring (bicyclic) bond motifs is 4. The standard InChI is InChI=1S/C28H28FN3O5.BrH/c1-28(2,3)17-9-15(10-19-25(17)37-14-21(34)18-7-6-8-32(18)19)20(33)13-31-12-16-11-22(35-4)26(36-5)24(29)23(16)27(31)30;/h6-11,30H,12-14H2,1-5H3;1H. The Balaban J connectivity index is 0.00000336. The van der Waals surface area contributed by atoms with Crippen molar-refractivity contribution in [3.8, 4) is 22.9 Å². The van der Waals surface area contributed by atoms with Gasteiger partial charge in [0.2, 0.25) is 5.78 Å². The molecule has 3 aromatic rings. The van der Waals surface area contributed by atoms with Gasteiger partial charge in [0.25, 0.3) is 0 Å². The average Bonchev–Trinajstić information content (AvgIpc) is 3.43. The number of ether oxygens (including phenoxy) is 3. The van der Waals surface area contributed by atoms with Crippen LogP contribution in [-0.2, 0) is 12.0 Å². The Kier molecular flexibility index (Phi) is 7.13. The number of nitrogens with zero attached hydrogens (tertiary/aromatic N) is 2. The zero-order chi connectivity index (χ0) is 26.6. The van der Waals surface area contributed by atoms with E-state index in [1.54, 1.807) is 41.1 Å². The second-order valence-electron chi connectivity index (χ2n) is 10.2. The van der Waals surface area contributed by atoms with Gasteiger partial charge < -0.3 is 23.7 Å². The van der Waals surface area contributed by atoms with Gasteiger partial charge in [0.15, 0.2) is 29.7 Å². The predicted octanol–water partition coefficient (Wildman–Crippen LogP) is 5.11. The summed E-state index contributed by atoms with van der Waals surface area (Å²) in [4.78, 5) is 27.7. The fourth-order valence-corrected chi connectivity index (χ4v) is 4.92. The lowest BCUT2D eigenvalue weighted by atomic mass is 9.84. The van der Waals surface area contributed by atoms with Gasteiger partial charge in [-0.3, -0.25) is 15.0 Å². The van der Waals surface area contributed by atoms with Crippen LogP contribution in [0.5, 0.6) is 17.2 Å². The van der Waals surface area contributed by atoms with Crippen LogP contribution in [0.1, 0.15) is 58.3 Å². The van der Waals surface area contributed by atoms with Crippen LogP contribution in [0.25, 0.3) is 5.69 Å². The van der Waals surface area contributed by atoms with E-state index >= 15 is 4.39 Å². The molecule has 0 bridgehead atoms. The Labute approximate surface area is 230 Å². The molecular formula is C28H29BrFN3O5. The summed E-state index contributed by atoms with van der Waals surface area (Å²) in [5.74, 6) is -0.434. The molecule has 2 aliphatic rings. The Morgan fingerprint density at radius 1 is 1.18 bits per heavy atom. The van der Waals surface area contributed by atoms with Crippen LogP contribution in [0.15, 0.2) is 36.5 Å². The van der Waals surface area contributed by atoms with Crippen molar-refractivity contribution >= 4 is 34.4 Å². The van der Waals surface area contributed by atoms with Gasteiger partial charge in [-0.15, -0.1) is 17.0 Å². The van der Waals surface area contributed by atoms with Crippen molar-refractivity contribution in [2.45, 2.75) is 32.7 Å². The number of nitrogens with one attached hydrogen (secondary N) is 1. The lowest BCUT2D eigenvalue weighted by Gasteiger charge is -2.25. The molecule has 0 saturated carbocycles. The zero-order valence-corrected chi connectivity index (χ0v) is 23.5. The molecule has 0 spiro atoms. The molecule has 2 aliphatic heterocycles. The van der Waals surface area contributed by atoms with Gasteiger partial charge in [0.1, 0.15) is 11.6 Å². The summed E-state index contributed by atoms with van der Waals surface area (Å²) in [5, 5.41) is 8.58. The van der Waals surface area contributed by atoms with E-state index in [0.717, 1.165) is 5.56 Å². The van der Waals surface area contributed by atoms with E-state index in [9.17, 15) is 9.59 Å². The molecule has 1 aromatic heterocycles. The number of carbonyl (C=O) groups is 2. The van der Waals surface area contributed by atoms with Gasteiger partial charge in [-0.1, -0.05) is 20.8 Å². The molecule has 200 valence electrons. The number of halogens is 2. The molecule has 0 radical (unpaired) electrons. The zero-order valence-electron chi connectivity index (χ0n) is 21.8. The van der Waals surface area contributed by atoms with Crippen molar-refractivity contribution in [2.75, 3.05) is 27.4 Å². The monoisotopic (exact) mass is 585 g/mol. The minimum absolute atomic E-state index is 0. The fraction of sp³-hybridized carbons (Fsp3) is 0.321. The van der Waals surface area contributed by atoms with E-state index in [2.05, 4.69) is 0 Å². The van der Waals surface area contributed by atoms with Crippen LogP contribution in [-0.4, -0.2) is 54.2 Å². The summed E-state index contributed by atoms with van der Waals surface area (Å²) in [7, 11) is 2.76. The molecule has 0 amide bonds. The smallest absolute Gasteiger partial charge is 0.216 e. The summed E-state index contributed by atoms with van der Waals surface area (Å²) in [5.41, 5.74) is 2.58. The van der Waals surface area contributed by atoms with Crippen molar-refractivity contribution in [3.05, 3.63) is 70.3 Å². The fourth-order valence-electron chi connectivity index (χ4n) is 4.92. The minimum atomic E-state index is -0.682. The Morgan fingerprint density at radius 2 is 1.92 bits per heavy atom. The number of aromatic nitrogens is 1. The highest BCUT2D eigenvalue weighted by Gasteiger charge is 2.34. The third kappa shape index (κ3) is 4.36. The maximum atomic E-state index is 15.2. The Morgan fingerprint density at radius 3 is 2.58 bits per heavy atom. The molecule has 0 unspecified atom stereocenters. The SMILES string of the molecule is Br.COc1cc2c(c(F)c1OC)C(=N)N(CC(=O)c1cc3c(c(C(C)(C)C)c1)OCC(=O)c1cccn1-3)C2. The van der Waals surface area contributed by atoms with Gasteiger partial charge >= 0.3 is 0 Å². The third-order valence-corrected chi connectivity index (χ3v) is 6.78. The first-order valence-corrected chi connectivity index (χ1v) is 11.9. The van der Waals surface area contributed by atoms with E-state index in [4.69, 9.17) is 19.6 Å². The normalized spacial score (nSPS) is 14.1. The van der Waals surface area contributed by atoms with E-state index in [1.807, 2.05) is 20.8 Å². The highest BCUT2D eigenvalue weighted by molar-refractivity contribution is 8.93. The number of amidine groups is 1. The Bertz CT molecular complexity index is 1470. The van der Waals surface area contributed by atoms with Crippen molar-refractivity contribution in [3.63, 3.8) is 0 Å². The lowest BCUT2D eigenvalue weighted by Crippen LogP contribution is -2.31. The van der Waals surface area contributed by atoms with Gasteiger partial charge in [-0.2, -0.15) is 0 Å². The van der Waals surface area contributed by atoms with Crippen molar-refractivity contribution in [1.82, 2.24) is 9.47 Å². The second-order valence-corrected chi connectivity index (χ2v) is 10.2. The highest BCUT2D eigenvalue weighted by Crippen LogP contribution is 2.41. The molecule has 38 heavy (non-hydrogen) atoms. The number of benzene rings is 2. The summed E-state index contributed by atoms with van der Waals surface area (Å²) < 4.78 is 33.2. The quantitative estimate of drug-likeness (QED) is 0.418. The minimum Gasteiger partial charge on any atom is -0.493 e. The summed E-state index contributed by atoms with van der Waals surface area (Å²) >= 11 is 0. The van der Waals surface area contributed by atoms with Gasteiger partial charge in [0, 0.05) is 23.9 Å². The first kappa shape index (κ1) is 27.4. The van der Waals surface area contributed by atoms with Gasteiger partial charge in [-0.25, -0.2) is 4.39 Å². The first-order valence-electron chi connectivity index (χ1n) is 11.9. The number of rotatable bonds is 5. The number of Topliss-reactive ketones (excluding diaryl/α,β-unsaturated/α-hetero) is 2. The molecular weight excluding hydrogens is 557 g/mol. The summed E-state index contributed by atoms with van der Waals surface area (Å²) in [6, 6.07) is 8.66. The number of hydrogen-bond acceptors (Lipinski definition) is 6. The number of ketones is 2. The van der Waals surface area contributed by atoms with E-state index < -0.39 is 5.82 Å². The highest BCUT2D eigenvalue weighted by atomic mass is 79.9. The molecule has 0 saturated heterocycles. The topological polar surface area (TPSA) is 93.9 Å². The maximum absolute atomic E-state index is 15.2. The van der Waals surface area contributed by atoms with E-state index in [0.29, 0.717) is 28.3 Å². The van der Waals surface area contributed by atoms with Gasteiger partial charge in [-0.05, 0) is 41.3 Å². The molecule has 5 rings (SSSR count). The van der Waals surface area contributed by atoms with Crippen LogP contribution < -0.4 is 14.2 Å². The van der Waals surface area contributed by atoms with Crippen LogP contribution in [0.4, 0.5) is 4.39 Å². The third-order valence-electron chi connectivity index (χ3n) is 6.78. The molecule has 10 heteroatoms. The first-order chi connectivity index (χ1) is 17.5. The molecule has 2 aromatic carbocycles. The number of methoxy groups -OCH3 is 2. The number of hydrogen-bond donors (Lipinski definition) is 1. The number of carbonyl (C=O) groups excluding carboxylic acids is 2. The molecule has 0 fully saturated rings. The predicted molar refractivity (Wildman–Crippen MR) is 146 cm³/mol. The molecule has 3 heterocycles. The van der Waals surface area contributed by atoms with Crippen molar-refractivity contribution in [2.24, 2.45) is 0 Å². The van der Waals surface area contributed by atoms with Crippen LogP contribution in [0, 0.1) is 11.2 Å². The summed E-state index contributed by atoms with van der Waals surface area (Å²) in [6.07, 6.45) is 1.78. The van der Waals surface area contributed by atoms with E-state index in [1.165, 1.54) is 19.1 Å². The lowest BCUT2D eigenvalue weighted by molar-refractivity contribution is 0.0918. The average molecular weight is 586 g/mol. The maximum Gasteiger partial charge on any atom is 0.216 e. The van der Waals surface area contributed by atoms with Crippen molar-refractivity contribution in [1.29, 1.82) is 5.41 Å². The van der Waals surface area contributed by atoms with Crippen LogP contribution >= 0.6 is 17.0 Å².